The summed E-state index contributed by atoms with van der Waals surface area (Å²) in [5.41, 5.74) is 9.65. The number of nitrogens with one attached hydrogen (secondary N) is 1. The average molecular weight is 443 g/mol. The van der Waals surface area contributed by atoms with E-state index >= 15 is 0 Å². The number of aromatic nitrogens is 3. The molecule has 1 aliphatic rings. The van der Waals surface area contributed by atoms with Crippen molar-refractivity contribution in [3.63, 3.8) is 0 Å². The van der Waals surface area contributed by atoms with Gasteiger partial charge in [-0.3, -0.25) is 9.78 Å². The largest absolute Gasteiger partial charge is 0.383 e. The molecular weight excluding hydrogens is 412 g/mol. The molecule has 0 aliphatic carbocycles. The van der Waals surface area contributed by atoms with Gasteiger partial charge in [-0.2, -0.15) is 0 Å². The minimum atomic E-state index is -0.248. The third-order valence-electron chi connectivity index (χ3n) is 5.83. The van der Waals surface area contributed by atoms with Crippen molar-refractivity contribution >= 4 is 17.4 Å². The van der Waals surface area contributed by atoms with Crippen LogP contribution in [0, 0.1) is 0 Å². The van der Waals surface area contributed by atoms with E-state index in [0.717, 1.165) is 36.6 Å². The summed E-state index contributed by atoms with van der Waals surface area (Å²) in [6.45, 7) is 2.42. The van der Waals surface area contributed by atoms with Crippen LogP contribution in [-0.2, 0) is 0 Å². The molecule has 1 saturated heterocycles. The molecule has 0 saturated carbocycles. The maximum absolute atomic E-state index is 13.3. The van der Waals surface area contributed by atoms with Gasteiger partial charge in [-0.1, -0.05) is 42.5 Å². The van der Waals surface area contributed by atoms with Gasteiger partial charge in [0.05, 0.1) is 5.56 Å². The van der Waals surface area contributed by atoms with Crippen molar-refractivity contribution in [3.8, 4) is 11.1 Å². The lowest BCUT2D eigenvalue weighted by Crippen LogP contribution is -2.46. The lowest BCUT2D eigenvalue weighted by atomic mass is 10.0. The Morgan fingerprint density at radius 1 is 1.03 bits per heavy atom. The molecule has 7 nitrogen and oxygen atoms in total. The van der Waals surface area contributed by atoms with Crippen molar-refractivity contribution in [2.24, 2.45) is 0 Å². The van der Waals surface area contributed by atoms with Gasteiger partial charge in [-0.25, -0.2) is 9.97 Å². The normalized spacial score (nSPS) is 15.9. The highest BCUT2D eigenvalue weighted by Crippen LogP contribution is 2.25. The minimum Gasteiger partial charge on any atom is -0.383 e. The molecular formula is C26H30N6O. The van der Waals surface area contributed by atoms with Crippen LogP contribution in [0.5, 0.6) is 0 Å². The molecule has 0 spiro atoms. The summed E-state index contributed by atoms with van der Waals surface area (Å²) in [5, 5.41) is 3.56. The van der Waals surface area contributed by atoms with Gasteiger partial charge >= 0.3 is 0 Å². The molecule has 0 bridgehead atoms. The van der Waals surface area contributed by atoms with Crippen LogP contribution in [0.1, 0.15) is 31.9 Å². The Bertz CT molecular complexity index is 1280. The molecule has 3 aromatic heterocycles. The zero-order chi connectivity index (χ0) is 22.6. The number of nitrogens with zero attached hydrogens (tertiary/aromatic N) is 4. The first-order chi connectivity index (χ1) is 16.2. The Labute approximate surface area is 196 Å². The molecule has 1 fully saturated rings. The van der Waals surface area contributed by atoms with Gasteiger partial charge < -0.3 is 16.0 Å². The number of piperazine rings is 1. The number of hydrogen-bond acceptors (Lipinski definition) is 7. The van der Waals surface area contributed by atoms with Gasteiger partial charge in [0.1, 0.15) is 17.3 Å². The van der Waals surface area contributed by atoms with Gasteiger partial charge in [-0.15, -0.1) is 0 Å². The Morgan fingerprint density at radius 2 is 1.91 bits per heavy atom. The van der Waals surface area contributed by atoms with Crippen LogP contribution in [-0.4, -0.2) is 40.4 Å². The quantitative estimate of drug-likeness (QED) is 0.446. The van der Waals surface area contributed by atoms with Crippen LogP contribution in [0.15, 0.2) is 85.3 Å². The first kappa shape index (κ1) is 20.8. The van der Waals surface area contributed by atoms with E-state index in [1.165, 1.54) is 5.56 Å². The van der Waals surface area contributed by atoms with E-state index in [0.29, 0.717) is 11.3 Å². The first-order valence-electron chi connectivity index (χ1n) is 10.9. The second-order valence-electron chi connectivity index (χ2n) is 7.97. The molecule has 1 aliphatic heterocycles. The van der Waals surface area contributed by atoms with Crippen molar-refractivity contribution in [2.75, 3.05) is 30.3 Å². The molecule has 170 valence electrons. The SMILES string of the molecule is Nc1ncc(-c2cccnc2)cc1C(=O)c1cccc(N2CCNC(c3ccccc3)C2)n1.[HH].[HH].[HH]. The number of nitrogens with two attached hydrogens (primary N) is 1. The number of hydrogen-bond donors (Lipinski definition) is 2. The Kier molecular flexibility index (Phi) is 5.78. The van der Waals surface area contributed by atoms with E-state index in [4.69, 9.17) is 10.7 Å². The predicted molar refractivity (Wildman–Crippen MR) is 135 cm³/mol. The van der Waals surface area contributed by atoms with E-state index in [1.807, 2.05) is 42.5 Å². The van der Waals surface area contributed by atoms with E-state index in [2.05, 4.69) is 32.3 Å². The molecule has 1 atom stereocenters. The van der Waals surface area contributed by atoms with Gasteiger partial charge in [0.25, 0.3) is 0 Å². The fourth-order valence-corrected chi connectivity index (χ4v) is 4.08. The van der Waals surface area contributed by atoms with Crippen molar-refractivity contribution in [3.05, 3.63) is 102 Å². The number of ketones is 1. The molecule has 3 N–H and O–H groups in total. The Morgan fingerprint density at radius 3 is 2.73 bits per heavy atom. The van der Waals surface area contributed by atoms with Crippen molar-refractivity contribution in [1.29, 1.82) is 0 Å². The van der Waals surface area contributed by atoms with Crippen LogP contribution in [0.2, 0.25) is 0 Å². The summed E-state index contributed by atoms with van der Waals surface area (Å²) in [5.74, 6) is 0.715. The molecule has 1 unspecified atom stereocenters. The molecule has 4 heterocycles. The molecule has 4 aromatic rings. The van der Waals surface area contributed by atoms with Gasteiger partial charge in [0, 0.05) is 59.7 Å². The maximum atomic E-state index is 13.3. The summed E-state index contributed by atoms with van der Waals surface area (Å²) >= 11 is 0. The van der Waals surface area contributed by atoms with Crippen molar-refractivity contribution < 1.29 is 9.07 Å². The third-order valence-corrected chi connectivity index (χ3v) is 5.83. The van der Waals surface area contributed by atoms with Gasteiger partial charge in [0.15, 0.2) is 0 Å². The standard InChI is InChI=1S/C26H24N6O.3H2/c27-26-21(14-20(16-30-26)19-8-5-11-28-15-19)25(33)22-9-4-10-24(31-22)32-13-12-29-23(17-32)18-6-2-1-3-7-18;;;/h1-11,14-16,23,29H,12-13,17H2,(H2,27,30);3*1H. The van der Waals surface area contributed by atoms with Crippen molar-refractivity contribution in [1.82, 2.24) is 20.3 Å². The van der Waals surface area contributed by atoms with Crippen LogP contribution >= 0.6 is 0 Å². The average Bonchev–Trinajstić information content (AvgIpc) is 2.90. The zero-order valence-corrected chi connectivity index (χ0v) is 18.1. The highest BCUT2D eigenvalue weighted by molar-refractivity contribution is 6.11. The number of rotatable bonds is 5. The Balaban J connectivity index is 0.00000152. The number of anilines is 2. The second-order valence-corrected chi connectivity index (χ2v) is 7.97. The highest BCUT2D eigenvalue weighted by atomic mass is 16.1. The number of benzene rings is 1. The lowest BCUT2D eigenvalue weighted by molar-refractivity contribution is 0.103. The third kappa shape index (κ3) is 4.44. The minimum absolute atomic E-state index is 0. The summed E-state index contributed by atoms with van der Waals surface area (Å²) in [6.07, 6.45) is 5.08. The zero-order valence-electron chi connectivity index (χ0n) is 18.1. The first-order valence-corrected chi connectivity index (χ1v) is 10.9. The number of carbonyl (C=O) groups excluding carboxylic acids is 1. The highest BCUT2D eigenvalue weighted by Gasteiger charge is 2.23. The lowest BCUT2D eigenvalue weighted by Gasteiger charge is -2.35. The van der Waals surface area contributed by atoms with Crippen molar-refractivity contribution in [2.45, 2.75) is 6.04 Å². The molecule has 7 heteroatoms. The summed E-state index contributed by atoms with van der Waals surface area (Å²) in [6, 6.07) is 21.6. The molecule has 5 rings (SSSR count). The van der Waals surface area contributed by atoms with Crippen LogP contribution in [0.4, 0.5) is 11.6 Å². The van der Waals surface area contributed by atoms with E-state index < -0.39 is 0 Å². The molecule has 0 radical (unpaired) electrons. The second kappa shape index (κ2) is 9.18. The van der Waals surface area contributed by atoms with Crippen LogP contribution in [0.25, 0.3) is 11.1 Å². The fourth-order valence-electron chi connectivity index (χ4n) is 4.08. The van der Waals surface area contributed by atoms with Crippen LogP contribution < -0.4 is 16.0 Å². The molecule has 1 aromatic carbocycles. The maximum Gasteiger partial charge on any atom is 0.215 e. The molecule has 0 amide bonds. The summed E-state index contributed by atoms with van der Waals surface area (Å²) in [4.78, 5) is 28.6. The summed E-state index contributed by atoms with van der Waals surface area (Å²) in [7, 11) is 0. The van der Waals surface area contributed by atoms with Gasteiger partial charge in [0.2, 0.25) is 5.78 Å². The van der Waals surface area contributed by atoms with E-state index in [1.54, 1.807) is 30.7 Å². The van der Waals surface area contributed by atoms with Crippen LogP contribution in [0.3, 0.4) is 0 Å². The predicted octanol–water partition coefficient (Wildman–Crippen LogP) is 4.24. The number of carbonyl (C=O) groups is 1. The topological polar surface area (TPSA) is 97.0 Å². The van der Waals surface area contributed by atoms with Gasteiger partial charge in [-0.05, 0) is 29.8 Å². The van der Waals surface area contributed by atoms with E-state index in [-0.39, 0.29) is 21.9 Å². The number of nitrogen functional groups attached to an aromatic ring is 1. The smallest absolute Gasteiger partial charge is 0.215 e. The number of pyridine rings is 3. The fraction of sp³-hybridized carbons (Fsp3) is 0.154. The Hall–Kier alpha value is -4.10. The monoisotopic (exact) mass is 442 g/mol. The van der Waals surface area contributed by atoms with E-state index in [9.17, 15) is 4.79 Å². The summed E-state index contributed by atoms with van der Waals surface area (Å²) < 4.78 is 0. The molecule has 33 heavy (non-hydrogen) atoms.